The minimum absolute atomic E-state index is 0.257. The average Bonchev–Trinajstić information content (AvgIpc) is 2.16. The lowest BCUT2D eigenvalue weighted by Crippen LogP contribution is -2.34. The number of carbonyl (C=O) groups is 2. The van der Waals surface area contributed by atoms with E-state index in [1.54, 1.807) is 6.92 Å². The number of hydrogen-bond acceptors (Lipinski definition) is 3. The molecule has 0 bridgehead atoms. The molecule has 4 nitrogen and oxygen atoms in total. The van der Waals surface area contributed by atoms with Gasteiger partial charge in [-0.1, -0.05) is 48.1 Å². The largest absolute Gasteiger partial charge is 0.463 e. The first-order valence-electron chi connectivity index (χ1n) is 5.06. The summed E-state index contributed by atoms with van der Waals surface area (Å²) in [7, 11) is 0. The molecule has 1 amide bonds. The summed E-state index contributed by atoms with van der Waals surface area (Å²) >= 11 is 16.2. The van der Waals surface area contributed by atoms with Crippen LogP contribution in [0.4, 0.5) is 0 Å². The Hall–Kier alpha value is -0.450. The van der Waals surface area contributed by atoms with Gasteiger partial charge in [-0.3, -0.25) is 4.79 Å². The Labute approximate surface area is 115 Å². The van der Waals surface area contributed by atoms with Crippen LogP contribution in [0, 0.1) is 0 Å². The summed E-state index contributed by atoms with van der Waals surface area (Å²) in [4.78, 5) is 22.6. The van der Waals surface area contributed by atoms with Gasteiger partial charge in [0, 0.05) is 11.8 Å². The van der Waals surface area contributed by atoms with Crippen molar-refractivity contribution in [3.63, 3.8) is 0 Å². The quantitative estimate of drug-likeness (QED) is 0.482. The highest BCUT2D eigenvalue weighted by atomic mass is 35.6. The van der Waals surface area contributed by atoms with E-state index >= 15 is 0 Å². The number of allylic oxidation sites excluding steroid dienone is 1. The molecule has 0 aromatic heterocycles. The Morgan fingerprint density at radius 2 is 1.88 bits per heavy atom. The Morgan fingerprint density at radius 1 is 1.29 bits per heavy atom. The summed E-state index contributed by atoms with van der Waals surface area (Å²) in [6.45, 7) is 3.83. The number of esters is 1. The van der Waals surface area contributed by atoms with E-state index in [4.69, 9.17) is 39.5 Å². The second-order valence-electron chi connectivity index (χ2n) is 3.12. The number of amides is 1. The molecule has 98 valence electrons. The van der Waals surface area contributed by atoms with Crippen molar-refractivity contribution in [2.75, 3.05) is 6.61 Å². The number of hydrogen-bond donors (Lipinski definition) is 1. The summed E-state index contributed by atoms with van der Waals surface area (Å²) < 4.78 is 2.67. The Morgan fingerprint density at radius 3 is 2.29 bits per heavy atom. The van der Waals surface area contributed by atoms with Gasteiger partial charge in [0.05, 0.1) is 6.61 Å². The molecule has 0 saturated carbocycles. The van der Waals surface area contributed by atoms with Gasteiger partial charge >= 0.3 is 5.97 Å². The van der Waals surface area contributed by atoms with E-state index in [0.29, 0.717) is 12.1 Å². The number of rotatable bonds is 5. The van der Waals surface area contributed by atoms with E-state index < -0.39 is 15.7 Å². The molecular weight excluding hydrogens is 288 g/mol. The van der Waals surface area contributed by atoms with Crippen molar-refractivity contribution >= 4 is 46.7 Å². The Bertz CT molecular complexity index is 310. The molecule has 0 heterocycles. The molecule has 0 atom stereocenters. The second kappa shape index (κ2) is 7.80. The maximum atomic E-state index is 11.4. The fourth-order valence-corrected chi connectivity index (χ4v) is 1.12. The molecule has 7 heteroatoms. The lowest BCUT2D eigenvalue weighted by molar-refractivity contribution is -0.137. The molecule has 0 fully saturated rings. The molecule has 0 aromatic carbocycles. The zero-order valence-electron chi connectivity index (χ0n) is 9.56. The van der Waals surface area contributed by atoms with Gasteiger partial charge in [0.15, 0.2) is 0 Å². The molecule has 0 rings (SSSR count). The number of carbonyl (C=O) groups excluding carboxylic acids is 2. The number of nitrogens with one attached hydrogen (secondary N) is 1. The number of halogens is 3. The van der Waals surface area contributed by atoms with E-state index in [1.165, 1.54) is 6.08 Å². The van der Waals surface area contributed by atoms with Crippen LogP contribution < -0.4 is 5.32 Å². The average molecular weight is 303 g/mol. The van der Waals surface area contributed by atoms with Gasteiger partial charge in [0.1, 0.15) is 0 Å². The molecular formula is C10H14Cl3NO3. The first kappa shape index (κ1) is 16.6. The van der Waals surface area contributed by atoms with Gasteiger partial charge in [-0.25, -0.2) is 4.79 Å². The molecule has 0 radical (unpaired) electrons. The normalized spacial score (nSPS) is 12.2. The fraction of sp³-hybridized carbons (Fsp3) is 0.600. The minimum atomic E-state index is -2.05. The van der Waals surface area contributed by atoms with Gasteiger partial charge in [-0.05, 0) is 13.3 Å². The molecule has 17 heavy (non-hydrogen) atoms. The predicted molar refractivity (Wildman–Crippen MR) is 68.1 cm³/mol. The Balaban J connectivity index is 4.64. The highest BCUT2D eigenvalue weighted by Gasteiger charge is 2.31. The zero-order valence-corrected chi connectivity index (χ0v) is 11.8. The molecule has 0 aliphatic heterocycles. The lowest BCUT2D eigenvalue weighted by Gasteiger charge is -2.13. The van der Waals surface area contributed by atoms with Crippen LogP contribution in [0.5, 0.6) is 0 Å². The van der Waals surface area contributed by atoms with Crippen LogP contribution in [0.25, 0.3) is 0 Å². The van der Waals surface area contributed by atoms with E-state index in [-0.39, 0.29) is 6.61 Å². The van der Waals surface area contributed by atoms with Gasteiger partial charge in [-0.2, -0.15) is 0 Å². The van der Waals surface area contributed by atoms with Gasteiger partial charge < -0.3 is 10.1 Å². The molecule has 0 saturated heterocycles. The number of alkyl halides is 3. The van der Waals surface area contributed by atoms with Crippen LogP contribution in [-0.4, -0.2) is 22.3 Å². The van der Waals surface area contributed by atoms with Crippen molar-refractivity contribution in [1.82, 2.24) is 5.32 Å². The van der Waals surface area contributed by atoms with Crippen molar-refractivity contribution in [2.24, 2.45) is 0 Å². The number of ether oxygens (including phenoxy) is 1. The van der Waals surface area contributed by atoms with Crippen molar-refractivity contribution in [1.29, 1.82) is 0 Å². The van der Waals surface area contributed by atoms with Crippen molar-refractivity contribution in [2.45, 2.75) is 30.5 Å². The monoisotopic (exact) mass is 301 g/mol. The topological polar surface area (TPSA) is 55.4 Å². The third kappa shape index (κ3) is 7.47. The highest BCUT2D eigenvalue weighted by molar-refractivity contribution is 6.76. The molecule has 1 N–H and O–H groups in total. The minimum Gasteiger partial charge on any atom is -0.463 e. The maximum Gasteiger partial charge on any atom is 0.332 e. The standard InChI is InChI=1S/C10H14Cl3NO3/c1-3-5-7(6-8(15)17-4-2)14-9(16)10(11,12)13/h6H,3-5H2,1-2H3,(H,14,16)/b7-6+. The lowest BCUT2D eigenvalue weighted by atomic mass is 10.2. The molecule has 0 aliphatic carbocycles. The van der Waals surface area contributed by atoms with Crippen LogP contribution in [0.1, 0.15) is 26.7 Å². The predicted octanol–water partition coefficient (Wildman–Crippen LogP) is 2.72. The van der Waals surface area contributed by atoms with Gasteiger partial charge in [0.2, 0.25) is 0 Å². The first-order valence-corrected chi connectivity index (χ1v) is 6.20. The van der Waals surface area contributed by atoms with Gasteiger partial charge in [0.25, 0.3) is 9.70 Å². The SMILES string of the molecule is CCC/C(=C\C(=O)OCC)NC(=O)C(Cl)(Cl)Cl. The van der Waals surface area contributed by atoms with E-state index in [1.807, 2.05) is 6.92 Å². The van der Waals surface area contributed by atoms with Gasteiger partial charge in [-0.15, -0.1) is 0 Å². The first-order chi connectivity index (χ1) is 7.81. The summed E-state index contributed by atoms with van der Waals surface area (Å²) in [5, 5.41) is 2.37. The second-order valence-corrected chi connectivity index (χ2v) is 5.40. The van der Waals surface area contributed by atoms with Crippen LogP contribution in [0.15, 0.2) is 11.8 Å². The van der Waals surface area contributed by atoms with Crippen molar-refractivity contribution < 1.29 is 14.3 Å². The van der Waals surface area contributed by atoms with E-state index in [2.05, 4.69) is 5.32 Å². The summed E-state index contributed by atoms with van der Waals surface area (Å²) in [6, 6.07) is 0. The molecule has 0 aromatic rings. The van der Waals surface area contributed by atoms with Crippen molar-refractivity contribution in [3.8, 4) is 0 Å². The fourth-order valence-electron chi connectivity index (χ4n) is 0.983. The molecule has 0 spiro atoms. The zero-order chi connectivity index (χ0) is 13.5. The van der Waals surface area contributed by atoms with Crippen molar-refractivity contribution in [3.05, 3.63) is 11.8 Å². The Kier molecular flexibility index (Phi) is 7.59. The maximum absolute atomic E-state index is 11.4. The van der Waals surface area contributed by atoms with E-state index in [9.17, 15) is 9.59 Å². The highest BCUT2D eigenvalue weighted by Crippen LogP contribution is 2.26. The smallest absolute Gasteiger partial charge is 0.332 e. The third-order valence-corrected chi connectivity index (χ3v) is 2.14. The molecule has 0 unspecified atom stereocenters. The van der Waals surface area contributed by atoms with Crippen LogP contribution >= 0.6 is 34.8 Å². The third-order valence-electron chi connectivity index (χ3n) is 1.63. The van der Waals surface area contributed by atoms with Crippen LogP contribution in [0.2, 0.25) is 0 Å². The molecule has 0 aliphatic rings. The van der Waals surface area contributed by atoms with Crippen LogP contribution in [0.3, 0.4) is 0 Å². The summed E-state index contributed by atoms with van der Waals surface area (Å²) in [6.07, 6.45) is 2.39. The van der Waals surface area contributed by atoms with Crippen LogP contribution in [-0.2, 0) is 14.3 Å². The summed E-state index contributed by atoms with van der Waals surface area (Å²) in [5.74, 6) is -1.34. The summed E-state index contributed by atoms with van der Waals surface area (Å²) in [5.41, 5.74) is 0.363. The van der Waals surface area contributed by atoms with E-state index in [0.717, 1.165) is 6.42 Å².